The van der Waals surface area contributed by atoms with E-state index >= 15 is 0 Å². The molecule has 2 rings (SSSR count). The maximum atomic E-state index is 11.8. The van der Waals surface area contributed by atoms with E-state index in [2.05, 4.69) is 47.3 Å². The lowest BCUT2D eigenvalue weighted by Gasteiger charge is -2.44. The van der Waals surface area contributed by atoms with Gasteiger partial charge in [-0.15, -0.1) is 0 Å². The first kappa shape index (κ1) is 12.6. The van der Waals surface area contributed by atoms with Gasteiger partial charge < -0.3 is 4.90 Å². The Morgan fingerprint density at radius 3 is 2.59 bits per heavy atom. The van der Waals surface area contributed by atoms with E-state index in [4.69, 9.17) is 11.6 Å². The van der Waals surface area contributed by atoms with E-state index in [-0.39, 0.29) is 21.6 Å². The molecule has 0 unspecified atom stereocenters. The maximum absolute atomic E-state index is 11.8. The molecule has 2 heterocycles. The van der Waals surface area contributed by atoms with Crippen LogP contribution in [-0.2, 0) is 6.54 Å². The van der Waals surface area contributed by atoms with Crippen molar-refractivity contribution in [2.45, 2.75) is 31.2 Å². The minimum atomic E-state index is -0.271. The van der Waals surface area contributed by atoms with Crippen LogP contribution in [0.4, 0.5) is 5.82 Å². The van der Waals surface area contributed by atoms with Crippen LogP contribution in [0.5, 0.6) is 0 Å². The third-order valence-electron chi connectivity index (χ3n) is 3.01. The van der Waals surface area contributed by atoms with Crippen LogP contribution in [0.25, 0.3) is 0 Å². The molecule has 1 aliphatic rings. The summed E-state index contributed by atoms with van der Waals surface area (Å²) in [6.45, 7) is 4.89. The van der Waals surface area contributed by atoms with Crippen LogP contribution < -0.4 is 10.6 Å². The minimum Gasteiger partial charge on any atom is -0.369 e. The van der Waals surface area contributed by atoms with Gasteiger partial charge in [0.15, 0.2) is 0 Å². The van der Waals surface area contributed by atoms with E-state index in [1.54, 1.807) is 10.6 Å². The van der Waals surface area contributed by atoms with Crippen LogP contribution in [0.3, 0.4) is 0 Å². The lowest BCUT2D eigenvalue weighted by molar-refractivity contribution is 0.448. The van der Waals surface area contributed by atoms with Crippen LogP contribution >= 0.6 is 11.6 Å². The highest BCUT2D eigenvalue weighted by Gasteiger charge is 2.42. The molecular formula is C9H15B3ClN3O. The summed E-state index contributed by atoms with van der Waals surface area (Å²) in [6.07, 6.45) is 0. The van der Waals surface area contributed by atoms with Crippen LogP contribution in [0, 0.1) is 0 Å². The van der Waals surface area contributed by atoms with Crippen LogP contribution in [-0.4, -0.2) is 43.9 Å². The zero-order chi connectivity index (χ0) is 13.0. The van der Waals surface area contributed by atoms with Gasteiger partial charge in [0.25, 0.3) is 0 Å². The molecule has 1 aromatic heterocycles. The van der Waals surface area contributed by atoms with Crippen LogP contribution in [0.1, 0.15) is 13.8 Å². The number of anilines is 1. The molecule has 0 N–H and O–H groups in total. The van der Waals surface area contributed by atoms with Gasteiger partial charge in [0, 0.05) is 6.07 Å². The Bertz CT molecular complexity index is 523. The second-order valence-electron chi connectivity index (χ2n) is 6.12. The smallest absolute Gasteiger partial charge is 0.350 e. The van der Waals surface area contributed by atoms with Gasteiger partial charge in [0.2, 0.25) is 0 Å². The Labute approximate surface area is 109 Å². The van der Waals surface area contributed by atoms with Crippen molar-refractivity contribution in [1.29, 1.82) is 0 Å². The quantitative estimate of drug-likeness (QED) is 0.427. The first-order valence-electron chi connectivity index (χ1n) is 5.71. The first-order chi connectivity index (χ1) is 7.63. The predicted octanol–water partition coefficient (Wildman–Crippen LogP) is -1.99. The van der Waals surface area contributed by atoms with E-state index in [0.717, 1.165) is 5.82 Å². The zero-order valence-electron chi connectivity index (χ0n) is 10.9. The highest BCUT2D eigenvalue weighted by molar-refractivity contribution is 6.61. The summed E-state index contributed by atoms with van der Waals surface area (Å²) in [4.78, 5) is 17.8. The molecule has 1 aliphatic heterocycles. The van der Waals surface area contributed by atoms with E-state index < -0.39 is 0 Å². The molecule has 0 radical (unpaired) electrons. The summed E-state index contributed by atoms with van der Waals surface area (Å²) in [5.41, 5.74) is -0.385. The third-order valence-corrected chi connectivity index (χ3v) is 3.20. The molecule has 1 aromatic rings. The summed E-state index contributed by atoms with van der Waals surface area (Å²) in [7, 11) is 6.38. The van der Waals surface area contributed by atoms with Crippen LogP contribution in [0.2, 0.25) is 5.15 Å². The number of hydrogen-bond donors (Lipinski definition) is 0. The van der Waals surface area contributed by atoms with Gasteiger partial charge >= 0.3 is 5.69 Å². The van der Waals surface area contributed by atoms with Gasteiger partial charge in [-0.3, -0.25) is 4.57 Å². The molecule has 0 bridgehead atoms. The molecule has 0 aromatic carbocycles. The molecular weight excluding hydrogens is 234 g/mol. The largest absolute Gasteiger partial charge is 0.369 e. The average molecular weight is 249 g/mol. The average Bonchev–Trinajstić information content (AvgIpc) is 2.34. The number of halogens is 1. The minimum absolute atomic E-state index is 0.0706. The number of fused-ring (bicyclic) bond motifs is 1. The molecule has 0 spiro atoms. The zero-order valence-corrected chi connectivity index (χ0v) is 11.7. The Kier molecular flexibility index (Phi) is 2.65. The topological polar surface area (TPSA) is 38.1 Å². The normalized spacial score (nSPS) is 18.2. The predicted molar refractivity (Wildman–Crippen MR) is 78.4 cm³/mol. The Hall–Kier alpha value is -0.835. The molecule has 8 heteroatoms. The fourth-order valence-corrected chi connectivity index (χ4v) is 2.99. The van der Waals surface area contributed by atoms with Crippen molar-refractivity contribution in [2.75, 3.05) is 4.90 Å². The van der Waals surface area contributed by atoms with Crippen molar-refractivity contribution in [2.24, 2.45) is 0 Å². The lowest BCUT2D eigenvalue weighted by atomic mass is 9.47. The summed E-state index contributed by atoms with van der Waals surface area (Å²) < 4.78 is 1.69. The van der Waals surface area contributed by atoms with E-state index in [0.29, 0.717) is 6.54 Å². The maximum Gasteiger partial charge on any atom is 0.350 e. The van der Waals surface area contributed by atoms with Crippen molar-refractivity contribution in [3.63, 3.8) is 0 Å². The standard InChI is InChI=1S/C9H15B3ClN3O/c1-8(2)4-15-6(16(8)9(10,11)12)3-5(13)14-7(15)17/h3H,4,10-12H2,1-2H3. The van der Waals surface area contributed by atoms with Gasteiger partial charge in [-0.25, -0.2) is 4.79 Å². The second-order valence-corrected chi connectivity index (χ2v) is 6.51. The Balaban J connectivity index is 2.68. The number of nitrogens with zero attached hydrogens (tertiary/aromatic N) is 3. The first-order valence-corrected chi connectivity index (χ1v) is 6.08. The van der Waals surface area contributed by atoms with E-state index in [1.165, 1.54) is 0 Å². The molecule has 4 nitrogen and oxygen atoms in total. The highest BCUT2D eigenvalue weighted by atomic mass is 35.5. The van der Waals surface area contributed by atoms with Gasteiger partial charge in [0.1, 0.15) is 34.5 Å². The summed E-state index contributed by atoms with van der Waals surface area (Å²) in [6, 6.07) is 1.77. The van der Waals surface area contributed by atoms with Crippen LogP contribution in [0.15, 0.2) is 10.9 Å². The fourth-order valence-electron chi connectivity index (χ4n) is 2.82. The molecule has 0 fully saturated rings. The van der Waals surface area contributed by atoms with Gasteiger partial charge in [-0.2, -0.15) is 4.98 Å². The summed E-state index contributed by atoms with van der Waals surface area (Å²) in [5, 5.41) is 0.187. The molecule has 0 saturated carbocycles. The lowest BCUT2D eigenvalue weighted by Crippen LogP contribution is -2.58. The molecule has 0 saturated heterocycles. The number of rotatable bonds is 1. The van der Waals surface area contributed by atoms with Crippen molar-refractivity contribution in [3.8, 4) is 0 Å². The molecule has 0 atom stereocenters. The number of aromatic nitrogens is 2. The van der Waals surface area contributed by atoms with Crippen molar-refractivity contribution >= 4 is 41.0 Å². The van der Waals surface area contributed by atoms with Crippen molar-refractivity contribution in [3.05, 3.63) is 21.7 Å². The Morgan fingerprint density at radius 2 is 2.06 bits per heavy atom. The molecule has 0 aliphatic carbocycles. The SMILES string of the molecule is BC(B)(B)N1c2cc(Cl)nc(=O)n2CC1(C)C. The molecule has 88 valence electrons. The summed E-state index contributed by atoms with van der Waals surface area (Å²) >= 11 is 5.89. The highest BCUT2D eigenvalue weighted by Crippen LogP contribution is 2.35. The second kappa shape index (κ2) is 3.58. The third kappa shape index (κ3) is 2.01. The van der Waals surface area contributed by atoms with Crippen molar-refractivity contribution in [1.82, 2.24) is 9.55 Å². The van der Waals surface area contributed by atoms with Gasteiger partial charge in [-0.1, -0.05) is 11.6 Å². The summed E-state index contributed by atoms with van der Waals surface area (Å²) in [5.74, 6) is 0.854. The fraction of sp³-hybridized carbons (Fsp3) is 0.556. The molecule has 17 heavy (non-hydrogen) atoms. The number of hydrogen-bond acceptors (Lipinski definition) is 3. The van der Waals surface area contributed by atoms with Crippen molar-refractivity contribution < 1.29 is 0 Å². The molecule has 0 amide bonds. The van der Waals surface area contributed by atoms with E-state index in [1.807, 2.05) is 0 Å². The van der Waals surface area contributed by atoms with E-state index in [9.17, 15) is 4.79 Å². The van der Waals surface area contributed by atoms with Gasteiger partial charge in [-0.05, 0) is 19.1 Å². The van der Waals surface area contributed by atoms with Gasteiger partial charge in [0.05, 0.1) is 12.1 Å². The Morgan fingerprint density at radius 1 is 1.47 bits per heavy atom. The monoisotopic (exact) mass is 249 g/mol.